The zero-order chi connectivity index (χ0) is 15.0. The molecule has 4 heteroatoms. The van der Waals surface area contributed by atoms with Gasteiger partial charge in [-0.15, -0.1) is 0 Å². The second-order valence-corrected chi connectivity index (χ2v) is 6.21. The van der Waals surface area contributed by atoms with E-state index < -0.39 is 12.1 Å². The third kappa shape index (κ3) is 6.02. The fourth-order valence-corrected chi connectivity index (χ4v) is 3.30. The maximum Gasteiger partial charge on any atom is 0.391 e. The van der Waals surface area contributed by atoms with Crippen LogP contribution < -0.4 is 5.32 Å². The predicted octanol–water partition coefficient (Wildman–Crippen LogP) is 5.30. The van der Waals surface area contributed by atoms with Gasteiger partial charge in [0.15, 0.2) is 0 Å². The molecule has 120 valence electrons. The van der Waals surface area contributed by atoms with E-state index in [4.69, 9.17) is 0 Å². The fraction of sp³-hybridized carbons (Fsp3) is 1.00. The van der Waals surface area contributed by atoms with E-state index >= 15 is 0 Å². The molecule has 1 N–H and O–H groups in total. The van der Waals surface area contributed by atoms with Crippen molar-refractivity contribution < 1.29 is 13.2 Å². The quantitative estimate of drug-likeness (QED) is 0.598. The van der Waals surface area contributed by atoms with E-state index in [0.717, 1.165) is 32.2 Å². The zero-order valence-electron chi connectivity index (χ0n) is 12.9. The Morgan fingerprint density at radius 2 is 1.65 bits per heavy atom. The van der Waals surface area contributed by atoms with Gasteiger partial charge in [-0.25, -0.2) is 0 Å². The summed E-state index contributed by atoms with van der Waals surface area (Å²) in [6, 6.07) is 0.427. The smallest absolute Gasteiger partial charge is 0.314 e. The molecule has 0 saturated heterocycles. The zero-order valence-corrected chi connectivity index (χ0v) is 12.9. The van der Waals surface area contributed by atoms with Crippen molar-refractivity contribution >= 4 is 0 Å². The first-order chi connectivity index (χ1) is 9.49. The number of hydrogen-bond donors (Lipinski definition) is 1. The Morgan fingerprint density at radius 3 is 2.15 bits per heavy atom. The molecule has 1 unspecified atom stereocenters. The van der Waals surface area contributed by atoms with Crippen LogP contribution in [0.3, 0.4) is 0 Å². The number of rotatable bonds is 8. The molecular formula is C16H30F3N. The molecule has 1 aliphatic rings. The lowest BCUT2D eigenvalue weighted by Gasteiger charge is -2.35. The van der Waals surface area contributed by atoms with Crippen LogP contribution in [-0.2, 0) is 0 Å². The lowest BCUT2D eigenvalue weighted by Crippen LogP contribution is -2.40. The van der Waals surface area contributed by atoms with Gasteiger partial charge in [-0.05, 0) is 51.0 Å². The SMILES string of the molecule is CCCCCC(NCCC)C1CCC(C(F)(F)F)CC1. The average Bonchev–Trinajstić information content (AvgIpc) is 2.42. The Labute approximate surface area is 121 Å². The first-order valence-electron chi connectivity index (χ1n) is 8.29. The minimum Gasteiger partial charge on any atom is -0.314 e. The number of unbranched alkanes of at least 4 members (excludes halogenated alkanes) is 2. The van der Waals surface area contributed by atoms with Crippen molar-refractivity contribution in [2.24, 2.45) is 11.8 Å². The summed E-state index contributed by atoms with van der Waals surface area (Å²) < 4.78 is 38.1. The average molecular weight is 293 g/mol. The van der Waals surface area contributed by atoms with Gasteiger partial charge in [-0.2, -0.15) is 13.2 Å². The molecule has 1 atom stereocenters. The molecule has 1 rings (SSSR count). The summed E-state index contributed by atoms with van der Waals surface area (Å²) in [5.74, 6) is -0.613. The number of hydrogen-bond acceptors (Lipinski definition) is 1. The molecule has 0 spiro atoms. The van der Waals surface area contributed by atoms with E-state index in [-0.39, 0.29) is 0 Å². The van der Waals surface area contributed by atoms with E-state index in [0.29, 0.717) is 24.8 Å². The Kier molecular flexibility index (Phi) is 7.93. The first-order valence-corrected chi connectivity index (χ1v) is 8.29. The first kappa shape index (κ1) is 17.8. The third-order valence-electron chi connectivity index (χ3n) is 4.58. The molecule has 1 saturated carbocycles. The Bertz CT molecular complexity index is 245. The van der Waals surface area contributed by atoms with Gasteiger partial charge < -0.3 is 5.32 Å². The topological polar surface area (TPSA) is 12.0 Å². The van der Waals surface area contributed by atoms with Crippen molar-refractivity contribution in [1.29, 1.82) is 0 Å². The summed E-state index contributed by atoms with van der Waals surface area (Å²) in [4.78, 5) is 0. The van der Waals surface area contributed by atoms with Crippen LogP contribution in [0.15, 0.2) is 0 Å². The van der Waals surface area contributed by atoms with Crippen molar-refractivity contribution in [2.75, 3.05) is 6.54 Å². The van der Waals surface area contributed by atoms with Gasteiger partial charge >= 0.3 is 6.18 Å². The van der Waals surface area contributed by atoms with E-state index in [2.05, 4.69) is 19.2 Å². The van der Waals surface area contributed by atoms with Crippen molar-refractivity contribution in [3.05, 3.63) is 0 Å². The minimum atomic E-state index is -3.99. The molecule has 0 aromatic carbocycles. The van der Waals surface area contributed by atoms with Crippen LogP contribution in [-0.4, -0.2) is 18.8 Å². The third-order valence-corrected chi connectivity index (χ3v) is 4.58. The van der Waals surface area contributed by atoms with Crippen molar-refractivity contribution in [2.45, 2.75) is 83.9 Å². The summed E-state index contributed by atoms with van der Waals surface area (Å²) in [7, 11) is 0. The maximum absolute atomic E-state index is 12.7. The Hall–Kier alpha value is -0.250. The highest BCUT2D eigenvalue weighted by atomic mass is 19.4. The van der Waals surface area contributed by atoms with E-state index in [1.54, 1.807) is 0 Å². The van der Waals surface area contributed by atoms with Crippen LogP contribution in [0.5, 0.6) is 0 Å². The second-order valence-electron chi connectivity index (χ2n) is 6.21. The molecular weight excluding hydrogens is 263 g/mol. The highest BCUT2D eigenvalue weighted by Gasteiger charge is 2.42. The maximum atomic E-state index is 12.7. The Balaban J connectivity index is 2.42. The van der Waals surface area contributed by atoms with Gasteiger partial charge in [0, 0.05) is 6.04 Å². The standard InChI is InChI=1S/C16H30F3N/c1-3-5-6-7-15(20-12-4-2)13-8-10-14(11-9-13)16(17,18)19/h13-15,20H,3-12H2,1-2H3. The number of alkyl halides is 3. The fourth-order valence-electron chi connectivity index (χ4n) is 3.30. The van der Waals surface area contributed by atoms with E-state index in [9.17, 15) is 13.2 Å². The molecule has 0 aliphatic heterocycles. The van der Waals surface area contributed by atoms with Gasteiger partial charge in [0.05, 0.1) is 5.92 Å². The van der Waals surface area contributed by atoms with Gasteiger partial charge in [0.1, 0.15) is 0 Å². The van der Waals surface area contributed by atoms with Crippen molar-refractivity contribution in [3.8, 4) is 0 Å². The molecule has 0 amide bonds. The predicted molar refractivity (Wildman–Crippen MR) is 77.7 cm³/mol. The van der Waals surface area contributed by atoms with E-state index in [1.807, 2.05) is 0 Å². The van der Waals surface area contributed by atoms with Crippen LogP contribution in [0.25, 0.3) is 0 Å². The molecule has 1 aliphatic carbocycles. The Morgan fingerprint density at radius 1 is 1.00 bits per heavy atom. The molecule has 0 aromatic heterocycles. The van der Waals surface area contributed by atoms with Gasteiger partial charge in [-0.3, -0.25) is 0 Å². The van der Waals surface area contributed by atoms with Crippen molar-refractivity contribution in [1.82, 2.24) is 5.32 Å². The van der Waals surface area contributed by atoms with Crippen LogP contribution in [0, 0.1) is 11.8 Å². The summed E-state index contributed by atoms with van der Waals surface area (Å²) in [5, 5.41) is 3.57. The van der Waals surface area contributed by atoms with Crippen LogP contribution in [0.1, 0.15) is 71.6 Å². The summed E-state index contributed by atoms with van der Waals surface area (Å²) in [5.41, 5.74) is 0. The highest BCUT2D eigenvalue weighted by Crippen LogP contribution is 2.40. The van der Waals surface area contributed by atoms with Gasteiger partial charge in [0.2, 0.25) is 0 Å². The normalized spacial score (nSPS) is 25.6. The summed E-state index contributed by atoms with van der Waals surface area (Å²) >= 11 is 0. The lowest BCUT2D eigenvalue weighted by atomic mass is 9.77. The van der Waals surface area contributed by atoms with Gasteiger partial charge in [-0.1, -0.05) is 33.1 Å². The van der Waals surface area contributed by atoms with Crippen LogP contribution >= 0.6 is 0 Å². The lowest BCUT2D eigenvalue weighted by molar-refractivity contribution is -0.184. The molecule has 0 radical (unpaired) electrons. The molecule has 1 nitrogen and oxygen atoms in total. The highest BCUT2D eigenvalue weighted by molar-refractivity contribution is 4.84. The molecule has 0 aromatic rings. The monoisotopic (exact) mass is 293 g/mol. The van der Waals surface area contributed by atoms with Crippen LogP contribution in [0.2, 0.25) is 0 Å². The van der Waals surface area contributed by atoms with Gasteiger partial charge in [0.25, 0.3) is 0 Å². The molecule has 0 bridgehead atoms. The minimum absolute atomic E-state index is 0.326. The van der Waals surface area contributed by atoms with Crippen LogP contribution in [0.4, 0.5) is 13.2 Å². The van der Waals surface area contributed by atoms with Crippen molar-refractivity contribution in [3.63, 3.8) is 0 Å². The largest absolute Gasteiger partial charge is 0.391 e. The molecule has 20 heavy (non-hydrogen) atoms. The number of nitrogens with one attached hydrogen (secondary N) is 1. The number of halogens is 3. The summed E-state index contributed by atoms with van der Waals surface area (Å²) in [6.45, 7) is 5.30. The second kappa shape index (κ2) is 8.91. The summed E-state index contributed by atoms with van der Waals surface area (Å²) in [6.07, 6.45) is 3.95. The molecule has 0 heterocycles. The molecule has 1 fully saturated rings. The van der Waals surface area contributed by atoms with E-state index in [1.165, 1.54) is 19.3 Å².